The van der Waals surface area contributed by atoms with Gasteiger partial charge in [-0.3, -0.25) is 4.79 Å². The summed E-state index contributed by atoms with van der Waals surface area (Å²) >= 11 is 0. The van der Waals surface area contributed by atoms with Crippen molar-refractivity contribution < 1.29 is 68.1 Å². The number of hydrogen-bond acceptors (Lipinski definition) is 6. The number of carboxylic acid groups (broad SMARTS) is 3. The van der Waals surface area contributed by atoms with Crippen LogP contribution in [0.5, 0.6) is 0 Å². The normalized spacial score (nSPS) is 11.8. The van der Waals surface area contributed by atoms with Gasteiger partial charge in [0.2, 0.25) is 0 Å². The molecule has 0 heterocycles. The van der Waals surface area contributed by atoms with Crippen LogP contribution >= 0.6 is 0 Å². The van der Waals surface area contributed by atoms with Gasteiger partial charge < -0.3 is 41.0 Å². The van der Waals surface area contributed by atoms with E-state index < -0.39 is 36.4 Å². The van der Waals surface area contributed by atoms with Gasteiger partial charge in [0, 0.05) is 34.8 Å². The summed E-state index contributed by atoms with van der Waals surface area (Å²) < 4.78 is 0. The first-order valence-electron chi connectivity index (χ1n) is 3.13. The Morgan fingerprint density at radius 2 is 1.44 bits per heavy atom. The Morgan fingerprint density at radius 3 is 1.62 bits per heavy atom. The van der Waals surface area contributed by atoms with Gasteiger partial charge >= 0.3 is 5.97 Å². The molecule has 16 heavy (non-hydrogen) atoms. The van der Waals surface area contributed by atoms with Crippen molar-refractivity contribution in [3.8, 4) is 0 Å². The summed E-state index contributed by atoms with van der Waals surface area (Å²) in [7, 11) is 0. The minimum Gasteiger partial charge on any atom is -0.550 e. The van der Waals surface area contributed by atoms with Gasteiger partial charge in [-0.2, -0.15) is 0 Å². The van der Waals surface area contributed by atoms with Crippen molar-refractivity contribution >= 4 is 17.9 Å². The topological polar surface area (TPSA) is 201 Å². The van der Waals surface area contributed by atoms with Crippen LogP contribution in [0.3, 0.4) is 0 Å². The molecule has 0 aromatic carbocycles. The van der Waals surface area contributed by atoms with E-state index in [9.17, 15) is 24.6 Å². The molecular formula is C6H10AgO9-2. The molecule has 0 aliphatic rings. The zero-order chi connectivity index (χ0) is 10.6. The number of carboxylic acids is 3. The van der Waals surface area contributed by atoms with E-state index in [2.05, 4.69) is 0 Å². The van der Waals surface area contributed by atoms with Crippen LogP contribution in [0.1, 0.15) is 12.8 Å². The molecule has 1 unspecified atom stereocenters. The molecule has 0 aromatic rings. The fraction of sp³-hybridized carbons (Fsp3) is 0.500. The predicted molar refractivity (Wildman–Crippen MR) is 39.1 cm³/mol. The van der Waals surface area contributed by atoms with Crippen LogP contribution in [-0.2, 0) is 36.8 Å². The first-order chi connectivity index (χ1) is 5.78. The second-order valence-corrected chi connectivity index (χ2v) is 2.44. The third kappa shape index (κ3) is 8.35. The Bertz CT molecular complexity index is 234. The molecule has 0 amide bonds. The number of rotatable bonds is 5. The molecule has 0 saturated heterocycles. The molecule has 6 N–H and O–H groups in total. The van der Waals surface area contributed by atoms with E-state index in [0.717, 1.165) is 0 Å². The standard InChI is InChI=1S/C6H8O7.Ag.2H2O/c7-3(8)1-6(13,5(11)12)2-4(9)10;;;/h13H,1-2H2,(H,7,8)(H,9,10)(H,11,12);;2*1H2/p-2. The molecule has 9 nitrogen and oxygen atoms in total. The fourth-order valence-electron chi connectivity index (χ4n) is 0.696. The molecular weight excluding hydrogens is 324 g/mol. The smallest absolute Gasteiger partial charge is 0.306 e. The van der Waals surface area contributed by atoms with E-state index in [1.54, 1.807) is 0 Å². The van der Waals surface area contributed by atoms with E-state index in [0.29, 0.717) is 0 Å². The fourth-order valence-corrected chi connectivity index (χ4v) is 0.696. The van der Waals surface area contributed by atoms with Gasteiger partial charge in [0.1, 0.15) is 5.60 Å². The summed E-state index contributed by atoms with van der Waals surface area (Å²) in [6, 6.07) is 0. The van der Waals surface area contributed by atoms with Gasteiger partial charge in [-0.25, -0.2) is 0 Å². The molecule has 0 saturated carbocycles. The van der Waals surface area contributed by atoms with Crippen molar-refractivity contribution in [3.05, 3.63) is 0 Å². The molecule has 1 radical (unpaired) electrons. The maximum absolute atomic E-state index is 10.2. The van der Waals surface area contributed by atoms with Gasteiger partial charge in [-0.15, -0.1) is 0 Å². The number of carbonyl (C=O) groups excluding carboxylic acids is 2. The molecule has 0 aliphatic carbocycles. The molecule has 1 atom stereocenters. The van der Waals surface area contributed by atoms with E-state index in [1.165, 1.54) is 0 Å². The maximum atomic E-state index is 10.2. The first-order valence-corrected chi connectivity index (χ1v) is 3.13. The molecule has 0 spiro atoms. The van der Waals surface area contributed by atoms with Crippen LogP contribution in [0, 0.1) is 0 Å². The van der Waals surface area contributed by atoms with Crippen molar-refractivity contribution in [3.63, 3.8) is 0 Å². The van der Waals surface area contributed by atoms with E-state index in [-0.39, 0.29) is 33.3 Å². The van der Waals surface area contributed by atoms with Crippen molar-refractivity contribution in [1.29, 1.82) is 0 Å². The van der Waals surface area contributed by atoms with Gasteiger partial charge in [0.05, 0.1) is 12.4 Å². The molecule has 0 fully saturated rings. The van der Waals surface area contributed by atoms with Crippen molar-refractivity contribution in [2.24, 2.45) is 0 Å². The van der Waals surface area contributed by atoms with Crippen LogP contribution in [0.25, 0.3) is 0 Å². The second kappa shape index (κ2) is 9.27. The van der Waals surface area contributed by atoms with Crippen LogP contribution in [0.15, 0.2) is 0 Å². The van der Waals surface area contributed by atoms with Gasteiger partial charge in [-0.1, -0.05) is 0 Å². The monoisotopic (exact) mass is 333 g/mol. The first kappa shape index (κ1) is 24.3. The molecule has 0 bridgehead atoms. The SMILES string of the molecule is O.O.O=C([O-])CC(O)(CC(=O)O)C(=O)[O-].[Ag]. The van der Waals surface area contributed by atoms with Crippen molar-refractivity contribution in [1.82, 2.24) is 0 Å². The number of aliphatic carboxylic acids is 3. The molecule has 101 valence electrons. The minimum atomic E-state index is -2.91. The molecule has 10 heteroatoms. The third-order valence-electron chi connectivity index (χ3n) is 1.26. The summed E-state index contributed by atoms with van der Waals surface area (Å²) in [5, 5.41) is 37.2. The average molecular weight is 334 g/mol. The predicted octanol–water partition coefficient (Wildman–Crippen LogP) is -5.57. The number of hydrogen-bond donors (Lipinski definition) is 2. The number of aliphatic hydroxyl groups is 1. The quantitative estimate of drug-likeness (QED) is 0.466. The van der Waals surface area contributed by atoms with Gasteiger partial charge in [0.25, 0.3) is 0 Å². The Hall–Kier alpha value is -0.970. The Labute approximate surface area is 105 Å². The zero-order valence-corrected chi connectivity index (χ0v) is 9.13. The van der Waals surface area contributed by atoms with Crippen molar-refractivity contribution in [2.75, 3.05) is 0 Å². The van der Waals surface area contributed by atoms with E-state index in [1.807, 2.05) is 0 Å². The summed E-state index contributed by atoms with van der Waals surface area (Å²) in [5.41, 5.74) is -2.91. The van der Waals surface area contributed by atoms with E-state index >= 15 is 0 Å². The average Bonchev–Trinajstić information content (AvgIpc) is 1.82. The summed E-state index contributed by atoms with van der Waals surface area (Å²) in [6.07, 6.45) is -2.56. The summed E-state index contributed by atoms with van der Waals surface area (Å²) in [5.74, 6) is -5.67. The van der Waals surface area contributed by atoms with Gasteiger partial charge in [-0.05, 0) is 0 Å². The third-order valence-corrected chi connectivity index (χ3v) is 1.26. The molecule has 0 aliphatic heterocycles. The Morgan fingerprint density at radius 1 is 1.06 bits per heavy atom. The molecule has 0 rings (SSSR count). The largest absolute Gasteiger partial charge is 0.550 e. The van der Waals surface area contributed by atoms with E-state index in [4.69, 9.17) is 10.2 Å². The molecule has 0 aromatic heterocycles. The van der Waals surface area contributed by atoms with Crippen LogP contribution in [0.4, 0.5) is 0 Å². The van der Waals surface area contributed by atoms with Crippen LogP contribution in [0.2, 0.25) is 0 Å². The Kier molecular flexibility index (Phi) is 14.1. The summed E-state index contributed by atoms with van der Waals surface area (Å²) in [4.78, 5) is 30.2. The van der Waals surface area contributed by atoms with Gasteiger partial charge in [0.15, 0.2) is 0 Å². The van der Waals surface area contributed by atoms with Crippen LogP contribution in [-0.4, -0.2) is 44.7 Å². The second-order valence-electron chi connectivity index (χ2n) is 2.44. The minimum absolute atomic E-state index is 0. The summed E-state index contributed by atoms with van der Waals surface area (Å²) in [6.45, 7) is 0. The zero-order valence-electron chi connectivity index (χ0n) is 7.65. The van der Waals surface area contributed by atoms with Crippen molar-refractivity contribution in [2.45, 2.75) is 18.4 Å². The maximum Gasteiger partial charge on any atom is 0.306 e. The number of carbonyl (C=O) groups is 3. The Balaban J connectivity index is -0.000000240. The van der Waals surface area contributed by atoms with Crippen LogP contribution < -0.4 is 10.2 Å².